The maximum atomic E-state index is 6.03. The molecule has 1 aliphatic heterocycles. The smallest absolute Gasteiger partial charge is 0.157 e. The molecular formula is C22H28N4O. The Labute approximate surface area is 160 Å². The number of aromatic nitrogens is 3. The lowest BCUT2D eigenvalue weighted by atomic mass is 9.67. The summed E-state index contributed by atoms with van der Waals surface area (Å²) in [4.78, 5) is 4.52. The third-order valence-corrected chi connectivity index (χ3v) is 5.62. The fourth-order valence-corrected chi connectivity index (χ4v) is 4.47. The molecule has 1 atom stereocenters. The summed E-state index contributed by atoms with van der Waals surface area (Å²) in [7, 11) is 0. The van der Waals surface area contributed by atoms with Gasteiger partial charge in [0, 0.05) is 36.4 Å². The molecule has 1 saturated heterocycles. The Morgan fingerprint density at radius 2 is 2.00 bits per heavy atom. The van der Waals surface area contributed by atoms with Crippen LogP contribution in [0.3, 0.4) is 0 Å². The van der Waals surface area contributed by atoms with Crippen molar-refractivity contribution in [3.63, 3.8) is 0 Å². The van der Waals surface area contributed by atoms with Crippen molar-refractivity contribution in [2.75, 3.05) is 18.5 Å². The van der Waals surface area contributed by atoms with E-state index in [1.165, 1.54) is 5.56 Å². The Hall–Kier alpha value is -2.40. The minimum Gasteiger partial charge on any atom is -0.376 e. The van der Waals surface area contributed by atoms with E-state index in [-0.39, 0.29) is 11.0 Å². The minimum atomic E-state index is -0.101. The topological polar surface area (TPSA) is 51.5 Å². The van der Waals surface area contributed by atoms with Crippen molar-refractivity contribution in [2.24, 2.45) is 0 Å². The molecule has 0 spiro atoms. The lowest BCUT2D eigenvalue weighted by Gasteiger charge is -2.45. The van der Waals surface area contributed by atoms with Crippen LogP contribution >= 0.6 is 0 Å². The highest BCUT2D eigenvalue weighted by atomic mass is 16.5. The van der Waals surface area contributed by atoms with Crippen LogP contribution in [0.2, 0.25) is 0 Å². The summed E-state index contributed by atoms with van der Waals surface area (Å²) >= 11 is 0. The molecule has 0 bridgehead atoms. The molecule has 4 rings (SSSR count). The fraction of sp³-hybridized carbons (Fsp3) is 0.455. The Kier molecular flexibility index (Phi) is 4.64. The van der Waals surface area contributed by atoms with E-state index in [9.17, 15) is 0 Å². The number of rotatable bonds is 5. The summed E-state index contributed by atoms with van der Waals surface area (Å²) in [6, 6.07) is 14.9. The first kappa shape index (κ1) is 18.0. The Morgan fingerprint density at radius 3 is 2.78 bits per heavy atom. The molecule has 0 unspecified atom stereocenters. The average Bonchev–Trinajstić information content (AvgIpc) is 3.10. The van der Waals surface area contributed by atoms with Crippen LogP contribution in [-0.4, -0.2) is 33.4 Å². The molecule has 0 amide bonds. The van der Waals surface area contributed by atoms with Gasteiger partial charge in [0.25, 0.3) is 0 Å². The second kappa shape index (κ2) is 6.97. The second-order valence-corrected chi connectivity index (χ2v) is 8.24. The molecule has 5 heteroatoms. The molecule has 1 N–H and O–H groups in total. The van der Waals surface area contributed by atoms with Gasteiger partial charge in [-0.3, -0.25) is 0 Å². The standard InChI is InChI=1S/C22H28N4O/c1-17-15-20(26-19(25-17)9-12-24-26)23-13-10-22(18-7-5-4-6-8-18)11-14-27-21(2,3)16-22/h4-9,12,15,23H,10-11,13-14,16H2,1-3H3/t22-/m1/s1. The van der Waals surface area contributed by atoms with Gasteiger partial charge in [-0.2, -0.15) is 9.61 Å². The van der Waals surface area contributed by atoms with Crippen molar-refractivity contribution >= 4 is 11.5 Å². The van der Waals surface area contributed by atoms with E-state index in [4.69, 9.17) is 4.74 Å². The molecule has 2 aromatic heterocycles. The lowest BCUT2D eigenvalue weighted by molar-refractivity contribution is -0.0835. The van der Waals surface area contributed by atoms with Crippen LogP contribution in [-0.2, 0) is 10.2 Å². The van der Waals surface area contributed by atoms with E-state index in [1.807, 2.05) is 17.5 Å². The number of fused-ring (bicyclic) bond motifs is 1. The maximum absolute atomic E-state index is 6.03. The van der Waals surface area contributed by atoms with Crippen LogP contribution in [0.4, 0.5) is 5.82 Å². The van der Waals surface area contributed by atoms with Gasteiger partial charge in [-0.05, 0) is 45.6 Å². The maximum Gasteiger partial charge on any atom is 0.157 e. The van der Waals surface area contributed by atoms with Crippen molar-refractivity contribution in [1.82, 2.24) is 14.6 Å². The number of ether oxygens (including phenoxy) is 1. The van der Waals surface area contributed by atoms with Gasteiger partial charge in [-0.15, -0.1) is 0 Å². The quantitative estimate of drug-likeness (QED) is 0.730. The van der Waals surface area contributed by atoms with Crippen LogP contribution in [0.15, 0.2) is 48.7 Å². The molecule has 5 nitrogen and oxygen atoms in total. The third-order valence-electron chi connectivity index (χ3n) is 5.62. The molecule has 1 aromatic carbocycles. The van der Waals surface area contributed by atoms with Crippen molar-refractivity contribution in [3.8, 4) is 0 Å². The molecule has 3 aromatic rings. The normalized spacial score (nSPS) is 22.0. The fourth-order valence-electron chi connectivity index (χ4n) is 4.47. The van der Waals surface area contributed by atoms with Gasteiger partial charge in [0.05, 0.1) is 11.8 Å². The largest absolute Gasteiger partial charge is 0.376 e. The first-order valence-electron chi connectivity index (χ1n) is 9.72. The van der Waals surface area contributed by atoms with Crippen LogP contribution in [0, 0.1) is 6.92 Å². The predicted octanol–water partition coefficient (Wildman–Crippen LogP) is 4.37. The molecule has 1 fully saturated rings. The zero-order chi connectivity index (χ0) is 18.9. The van der Waals surface area contributed by atoms with Gasteiger partial charge in [0.1, 0.15) is 5.82 Å². The van der Waals surface area contributed by atoms with Gasteiger partial charge >= 0.3 is 0 Å². The molecule has 1 aliphatic rings. The highest BCUT2D eigenvalue weighted by Gasteiger charge is 2.41. The van der Waals surface area contributed by atoms with E-state index >= 15 is 0 Å². The first-order valence-corrected chi connectivity index (χ1v) is 9.72. The number of anilines is 1. The molecule has 0 radical (unpaired) electrons. The molecule has 3 heterocycles. The van der Waals surface area contributed by atoms with Crippen molar-refractivity contribution in [1.29, 1.82) is 0 Å². The SMILES string of the molecule is Cc1cc(NCC[C@@]2(c3ccccc3)CCOC(C)(C)C2)n2nccc2n1. The van der Waals surface area contributed by atoms with Crippen LogP contribution in [0.5, 0.6) is 0 Å². The van der Waals surface area contributed by atoms with E-state index in [2.05, 4.69) is 65.6 Å². The first-order chi connectivity index (χ1) is 13.0. The lowest BCUT2D eigenvalue weighted by Crippen LogP contribution is -2.45. The number of benzene rings is 1. The van der Waals surface area contributed by atoms with Gasteiger partial charge in [0.2, 0.25) is 0 Å². The average molecular weight is 364 g/mol. The number of hydrogen-bond donors (Lipinski definition) is 1. The highest BCUT2D eigenvalue weighted by Crippen LogP contribution is 2.43. The Bertz CT molecular complexity index is 918. The Balaban J connectivity index is 1.57. The van der Waals surface area contributed by atoms with Crippen molar-refractivity contribution in [3.05, 3.63) is 59.9 Å². The highest BCUT2D eigenvalue weighted by molar-refractivity contribution is 5.48. The molecule has 0 aliphatic carbocycles. The zero-order valence-electron chi connectivity index (χ0n) is 16.4. The number of hydrogen-bond acceptors (Lipinski definition) is 4. The Morgan fingerprint density at radius 1 is 1.19 bits per heavy atom. The zero-order valence-corrected chi connectivity index (χ0v) is 16.4. The van der Waals surface area contributed by atoms with Crippen LogP contribution < -0.4 is 5.32 Å². The van der Waals surface area contributed by atoms with E-state index in [0.29, 0.717) is 0 Å². The van der Waals surface area contributed by atoms with Crippen molar-refractivity contribution < 1.29 is 4.74 Å². The summed E-state index contributed by atoms with van der Waals surface area (Å²) in [5, 5.41) is 8.00. The molecular weight excluding hydrogens is 336 g/mol. The molecule has 27 heavy (non-hydrogen) atoms. The summed E-state index contributed by atoms with van der Waals surface area (Å²) in [6.07, 6.45) is 4.92. The van der Waals surface area contributed by atoms with E-state index in [1.54, 1.807) is 6.20 Å². The molecule has 142 valence electrons. The third kappa shape index (κ3) is 3.69. The summed E-state index contributed by atoms with van der Waals surface area (Å²) in [5.41, 5.74) is 3.31. The molecule has 0 saturated carbocycles. The van der Waals surface area contributed by atoms with E-state index in [0.717, 1.165) is 49.6 Å². The van der Waals surface area contributed by atoms with Gasteiger partial charge in [-0.25, -0.2) is 4.98 Å². The van der Waals surface area contributed by atoms with E-state index < -0.39 is 0 Å². The van der Waals surface area contributed by atoms with Crippen molar-refractivity contribution in [2.45, 2.75) is 51.0 Å². The van der Waals surface area contributed by atoms with Gasteiger partial charge in [-0.1, -0.05) is 30.3 Å². The summed E-state index contributed by atoms with van der Waals surface area (Å²) in [6.45, 7) is 8.11. The van der Waals surface area contributed by atoms with Crippen LogP contribution in [0.1, 0.15) is 44.4 Å². The van der Waals surface area contributed by atoms with Crippen LogP contribution in [0.25, 0.3) is 5.65 Å². The monoisotopic (exact) mass is 364 g/mol. The van der Waals surface area contributed by atoms with Gasteiger partial charge < -0.3 is 10.1 Å². The van der Waals surface area contributed by atoms with Gasteiger partial charge in [0.15, 0.2) is 5.65 Å². The summed E-state index contributed by atoms with van der Waals surface area (Å²) in [5.74, 6) is 0.997. The predicted molar refractivity (Wildman–Crippen MR) is 108 cm³/mol. The summed E-state index contributed by atoms with van der Waals surface area (Å²) < 4.78 is 7.90. The number of nitrogens with one attached hydrogen (secondary N) is 1. The number of nitrogens with zero attached hydrogens (tertiary/aromatic N) is 3. The number of aryl methyl sites for hydroxylation is 1. The minimum absolute atomic E-state index is 0.101. The second-order valence-electron chi connectivity index (χ2n) is 8.24.